The summed E-state index contributed by atoms with van der Waals surface area (Å²) in [4.78, 5) is 11.5. The Kier molecular flexibility index (Phi) is 5.55. The average molecular weight is 435 g/mol. The van der Waals surface area contributed by atoms with Gasteiger partial charge in [-0.15, -0.1) is 0 Å². The van der Waals surface area contributed by atoms with Gasteiger partial charge in [0, 0.05) is 60.7 Å². The highest BCUT2D eigenvalue weighted by atomic mass is 35.5. The number of ether oxygens (including phenoxy) is 1. The molecule has 2 aromatic carbocycles. The van der Waals surface area contributed by atoms with E-state index in [1.54, 1.807) is 6.20 Å². The number of morpholine rings is 1. The number of nitrogens with zero attached hydrogens (tertiary/aromatic N) is 5. The van der Waals surface area contributed by atoms with Crippen LogP contribution in [0.2, 0.25) is 5.02 Å². The van der Waals surface area contributed by atoms with Crippen molar-refractivity contribution in [1.82, 2.24) is 24.6 Å². The first-order chi connectivity index (χ1) is 15.1. The fourth-order valence-corrected chi connectivity index (χ4v) is 3.98. The first kappa shape index (κ1) is 19.9. The molecule has 0 atom stereocenters. The zero-order chi connectivity index (χ0) is 21.2. The molecule has 1 saturated heterocycles. The SMILES string of the molecule is Cn1cc(-c2cc(CN3CCOCC3)cc(Nc3ncc4cc(Cl)ccc4n3)c2)cn1. The van der Waals surface area contributed by atoms with E-state index in [2.05, 4.69) is 43.5 Å². The van der Waals surface area contributed by atoms with Crippen molar-refractivity contribution in [3.63, 3.8) is 0 Å². The predicted molar refractivity (Wildman–Crippen MR) is 123 cm³/mol. The lowest BCUT2D eigenvalue weighted by atomic mass is 10.0. The Hall–Kier alpha value is -3.00. The van der Waals surface area contributed by atoms with Gasteiger partial charge in [0.1, 0.15) is 0 Å². The normalized spacial score (nSPS) is 14.8. The minimum absolute atomic E-state index is 0.551. The van der Waals surface area contributed by atoms with Crippen molar-refractivity contribution >= 4 is 34.1 Å². The quantitative estimate of drug-likeness (QED) is 0.506. The van der Waals surface area contributed by atoms with Gasteiger partial charge >= 0.3 is 0 Å². The summed E-state index contributed by atoms with van der Waals surface area (Å²) in [6.07, 6.45) is 5.69. The van der Waals surface area contributed by atoms with Crippen LogP contribution in [0.25, 0.3) is 22.0 Å². The second-order valence-electron chi connectivity index (χ2n) is 7.73. The molecule has 7 nitrogen and oxygen atoms in total. The maximum Gasteiger partial charge on any atom is 0.227 e. The third-order valence-corrected chi connectivity index (χ3v) is 5.57. The monoisotopic (exact) mass is 434 g/mol. The zero-order valence-corrected chi connectivity index (χ0v) is 18.0. The smallest absolute Gasteiger partial charge is 0.227 e. The van der Waals surface area contributed by atoms with Crippen molar-refractivity contribution < 1.29 is 4.74 Å². The molecule has 2 aromatic heterocycles. The first-order valence-corrected chi connectivity index (χ1v) is 10.6. The average Bonchev–Trinajstić information content (AvgIpc) is 3.21. The molecule has 0 spiro atoms. The highest BCUT2D eigenvalue weighted by Crippen LogP contribution is 2.27. The number of anilines is 2. The molecule has 5 rings (SSSR count). The van der Waals surface area contributed by atoms with Gasteiger partial charge in [-0.3, -0.25) is 9.58 Å². The lowest BCUT2D eigenvalue weighted by Crippen LogP contribution is -2.35. The van der Waals surface area contributed by atoms with Crippen molar-refractivity contribution in [3.8, 4) is 11.1 Å². The van der Waals surface area contributed by atoms with Gasteiger partial charge in [0.2, 0.25) is 5.95 Å². The maximum atomic E-state index is 6.07. The molecule has 1 fully saturated rings. The lowest BCUT2D eigenvalue weighted by Gasteiger charge is -2.27. The minimum Gasteiger partial charge on any atom is -0.379 e. The van der Waals surface area contributed by atoms with E-state index < -0.39 is 0 Å². The van der Waals surface area contributed by atoms with Gasteiger partial charge < -0.3 is 10.1 Å². The summed E-state index contributed by atoms with van der Waals surface area (Å²) < 4.78 is 7.30. The van der Waals surface area contributed by atoms with Crippen LogP contribution in [0.1, 0.15) is 5.56 Å². The van der Waals surface area contributed by atoms with Gasteiger partial charge in [-0.25, -0.2) is 9.97 Å². The number of benzene rings is 2. The first-order valence-electron chi connectivity index (χ1n) is 10.2. The number of rotatable bonds is 5. The molecule has 1 aliphatic heterocycles. The number of fused-ring (bicyclic) bond motifs is 1. The second-order valence-corrected chi connectivity index (χ2v) is 8.17. The van der Waals surface area contributed by atoms with Crippen LogP contribution in [0.4, 0.5) is 11.6 Å². The van der Waals surface area contributed by atoms with E-state index in [9.17, 15) is 0 Å². The largest absolute Gasteiger partial charge is 0.379 e. The van der Waals surface area contributed by atoms with Crippen LogP contribution in [0, 0.1) is 0 Å². The van der Waals surface area contributed by atoms with E-state index in [1.165, 1.54) is 5.56 Å². The van der Waals surface area contributed by atoms with Gasteiger partial charge in [-0.1, -0.05) is 11.6 Å². The zero-order valence-electron chi connectivity index (χ0n) is 17.3. The number of hydrogen-bond donors (Lipinski definition) is 1. The van der Waals surface area contributed by atoms with Crippen molar-refractivity contribution in [2.75, 3.05) is 31.6 Å². The summed E-state index contributed by atoms with van der Waals surface area (Å²) >= 11 is 6.07. The van der Waals surface area contributed by atoms with E-state index in [4.69, 9.17) is 16.3 Å². The van der Waals surface area contributed by atoms with Crippen LogP contribution in [0.3, 0.4) is 0 Å². The molecule has 8 heteroatoms. The molecule has 0 saturated carbocycles. The van der Waals surface area contributed by atoms with Crippen molar-refractivity contribution in [1.29, 1.82) is 0 Å². The van der Waals surface area contributed by atoms with E-state index in [-0.39, 0.29) is 0 Å². The summed E-state index contributed by atoms with van der Waals surface area (Å²) in [7, 11) is 1.93. The molecule has 3 heterocycles. The summed E-state index contributed by atoms with van der Waals surface area (Å²) in [5, 5.41) is 9.29. The molecular weight excluding hydrogens is 412 g/mol. The van der Waals surface area contributed by atoms with Gasteiger partial charge in [0.05, 0.1) is 24.9 Å². The fraction of sp³-hybridized carbons (Fsp3) is 0.261. The highest BCUT2D eigenvalue weighted by molar-refractivity contribution is 6.31. The van der Waals surface area contributed by atoms with Gasteiger partial charge in [0.25, 0.3) is 0 Å². The van der Waals surface area contributed by atoms with Crippen LogP contribution < -0.4 is 5.32 Å². The van der Waals surface area contributed by atoms with Crippen molar-refractivity contribution in [3.05, 3.63) is 65.6 Å². The number of aromatic nitrogens is 4. The van der Waals surface area contributed by atoms with E-state index in [1.807, 2.05) is 42.3 Å². The number of halogens is 1. The molecule has 0 radical (unpaired) electrons. The lowest BCUT2D eigenvalue weighted by molar-refractivity contribution is 0.0342. The Labute approximate surface area is 185 Å². The maximum absolute atomic E-state index is 6.07. The molecule has 0 unspecified atom stereocenters. The summed E-state index contributed by atoms with van der Waals surface area (Å²) in [6.45, 7) is 4.31. The second kappa shape index (κ2) is 8.63. The van der Waals surface area contributed by atoms with Gasteiger partial charge in [0.15, 0.2) is 0 Å². The Morgan fingerprint density at radius 1 is 1.06 bits per heavy atom. The standard InChI is InChI=1S/C23H23ClN6O/c1-29-15-19(13-26-29)17-8-16(14-30-4-6-31-7-5-30)9-21(11-17)27-23-25-12-18-10-20(24)2-3-22(18)28-23/h2-3,8-13,15H,4-7,14H2,1H3,(H,25,27,28). The number of nitrogens with one attached hydrogen (secondary N) is 1. The van der Waals surface area contributed by atoms with Crippen LogP contribution in [0.15, 0.2) is 55.0 Å². The molecule has 0 bridgehead atoms. The molecule has 0 aliphatic carbocycles. The van der Waals surface area contributed by atoms with E-state index in [0.717, 1.165) is 60.6 Å². The van der Waals surface area contributed by atoms with E-state index in [0.29, 0.717) is 11.0 Å². The Bertz CT molecular complexity index is 1220. The number of aryl methyl sites for hydroxylation is 1. The van der Waals surface area contributed by atoms with Gasteiger partial charge in [-0.05, 0) is 47.5 Å². The Balaban J connectivity index is 1.47. The summed E-state index contributed by atoms with van der Waals surface area (Å²) in [6, 6.07) is 12.1. The van der Waals surface area contributed by atoms with Crippen LogP contribution >= 0.6 is 11.6 Å². The molecule has 31 heavy (non-hydrogen) atoms. The molecular formula is C23H23ClN6O. The molecule has 1 aliphatic rings. The van der Waals surface area contributed by atoms with Crippen LogP contribution in [-0.4, -0.2) is 51.0 Å². The fourth-order valence-electron chi connectivity index (χ4n) is 3.80. The Morgan fingerprint density at radius 3 is 2.74 bits per heavy atom. The van der Waals surface area contributed by atoms with Crippen molar-refractivity contribution in [2.24, 2.45) is 7.05 Å². The molecule has 0 amide bonds. The van der Waals surface area contributed by atoms with E-state index >= 15 is 0 Å². The van der Waals surface area contributed by atoms with Gasteiger partial charge in [-0.2, -0.15) is 5.10 Å². The minimum atomic E-state index is 0.551. The number of hydrogen-bond acceptors (Lipinski definition) is 6. The summed E-state index contributed by atoms with van der Waals surface area (Å²) in [5.74, 6) is 0.551. The third kappa shape index (κ3) is 4.69. The van der Waals surface area contributed by atoms with Crippen molar-refractivity contribution in [2.45, 2.75) is 6.54 Å². The molecule has 4 aromatic rings. The third-order valence-electron chi connectivity index (χ3n) is 5.34. The topological polar surface area (TPSA) is 68.1 Å². The highest BCUT2D eigenvalue weighted by Gasteiger charge is 2.13. The van der Waals surface area contributed by atoms with Crippen LogP contribution in [-0.2, 0) is 18.3 Å². The molecule has 1 N–H and O–H groups in total. The van der Waals surface area contributed by atoms with Crippen LogP contribution in [0.5, 0.6) is 0 Å². The predicted octanol–water partition coefficient (Wildman–Crippen LogP) is 4.26. The molecule has 158 valence electrons. The summed E-state index contributed by atoms with van der Waals surface area (Å²) in [5.41, 5.74) is 5.19. The Morgan fingerprint density at radius 2 is 1.94 bits per heavy atom.